The van der Waals surface area contributed by atoms with E-state index in [0.717, 1.165) is 40.6 Å². The quantitative estimate of drug-likeness (QED) is 0.670. The Kier molecular flexibility index (Phi) is 5.11. The van der Waals surface area contributed by atoms with Gasteiger partial charge in [-0.05, 0) is 36.0 Å². The van der Waals surface area contributed by atoms with Crippen molar-refractivity contribution in [3.63, 3.8) is 0 Å². The van der Waals surface area contributed by atoms with Crippen LogP contribution in [0.15, 0.2) is 61.2 Å². The Labute approximate surface area is 166 Å². The van der Waals surface area contributed by atoms with Crippen molar-refractivity contribution in [1.29, 1.82) is 0 Å². The third-order valence-corrected chi connectivity index (χ3v) is 6.09. The van der Waals surface area contributed by atoms with E-state index < -0.39 is 12.5 Å². The van der Waals surface area contributed by atoms with Gasteiger partial charge < -0.3 is 20.5 Å². The summed E-state index contributed by atoms with van der Waals surface area (Å²) in [4.78, 5) is 0. The van der Waals surface area contributed by atoms with Gasteiger partial charge in [-0.1, -0.05) is 68.9 Å². The van der Waals surface area contributed by atoms with Gasteiger partial charge in [0.1, 0.15) is 6.23 Å². The number of aromatic nitrogens is 1. The monoisotopic (exact) mass is 376 g/mol. The Balaban J connectivity index is 2.06. The largest absolute Gasteiger partial charge is 0.375 e. The molecule has 0 bridgehead atoms. The smallest absolute Gasteiger partial charge is 0.158 e. The molecular formula is C24H28N2O2. The van der Waals surface area contributed by atoms with Gasteiger partial charge in [-0.3, -0.25) is 0 Å². The van der Waals surface area contributed by atoms with Crippen molar-refractivity contribution < 1.29 is 10.2 Å². The van der Waals surface area contributed by atoms with Crippen molar-refractivity contribution in [2.75, 3.05) is 0 Å². The molecule has 1 aliphatic heterocycles. The van der Waals surface area contributed by atoms with Crippen molar-refractivity contribution in [1.82, 2.24) is 4.57 Å². The molecule has 0 amide bonds. The molecule has 1 aromatic carbocycles. The molecule has 28 heavy (non-hydrogen) atoms. The molecule has 0 spiro atoms. The lowest BCUT2D eigenvalue weighted by Crippen LogP contribution is -2.09. The lowest BCUT2D eigenvalue weighted by atomic mass is 9.81. The highest BCUT2D eigenvalue weighted by molar-refractivity contribution is 5.97. The van der Waals surface area contributed by atoms with E-state index in [1.54, 1.807) is 12.2 Å². The Morgan fingerprint density at radius 2 is 1.82 bits per heavy atom. The van der Waals surface area contributed by atoms with Gasteiger partial charge in [0, 0.05) is 16.5 Å². The number of hydrogen-bond acceptors (Lipinski definition) is 3. The third kappa shape index (κ3) is 2.89. The van der Waals surface area contributed by atoms with Gasteiger partial charge in [-0.15, -0.1) is 0 Å². The highest BCUT2D eigenvalue weighted by Gasteiger charge is 2.37. The fraction of sp³-hybridized carbons (Fsp3) is 0.333. The summed E-state index contributed by atoms with van der Waals surface area (Å²) < 4.78 is 1.98. The molecule has 1 saturated carbocycles. The zero-order valence-corrected chi connectivity index (χ0v) is 16.1. The predicted octanol–water partition coefficient (Wildman–Crippen LogP) is 4.82. The van der Waals surface area contributed by atoms with Gasteiger partial charge in [0.15, 0.2) is 6.23 Å². The first-order valence-electron chi connectivity index (χ1n) is 10.0. The van der Waals surface area contributed by atoms with E-state index >= 15 is 0 Å². The highest BCUT2D eigenvalue weighted by Crippen LogP contribution is 2.50. The van der Waals surface area contributed by atoms with Crippen LogP contribution in [0.2, 0.25) is 0 Å². The normalized spacial score (nSPS) is 24.0. The zero-order chi connectivity index (χ0) is 19.8. The molecule has 2 aliphatic rings. The standard InChI is InChI=1S/C24H28N2O2/c1-3-8-17-18(9-4-2)24(28)26-20-14-16(23(25)27)12-13-19(20)21(22(17)26)15-10-6-5-7-11-15/h3-4,8-9,12-15,23-24,27-28H,1-2,5-7,10-11,25H2/b17-8+,18-9+. The number of nitrogens with two attached hydrogens (primary N) is 1. The summed E-state index contributed by atoms with van der Waals surface area (Å²) in [6, 6.07) is 5.84. The molecule has 0 saturated heterocycles. The minimum Gasteiger partial charge on any atom is -0.375 e. The minimum atomic E-state index is -1.04. The van der Waals surface area contributed by atoms with E-state index in [0.29, 0.717) is 11.5 Å². The first kappa shape index (κ1) is 18.9. The molecule has 4 nitrogen and oxygen atoms in total. The number of fused-ring (bicyclic) bond motifs is 3. The molecule has 146 valence electrons. The third-order valence-electron chi connectivity index (χ3n) is 6.09. The maximum atomic E-state index is 11.2. The average molecular weight is 376 g/mol. The van der Waals surface area contributed by atoms with Crippen molar-refractivity contribution in [3.05, 3.63) is 78.1 Å². The molecule has 2 atom stereocenters. The van der Waals surface area contributed by atoms with E-state index in [1.807, 2.05) is 34.9 Å². The van der Waals surface area contributed by atoms with Crippen molar-refractivity contribution in [2.45, 2.75) is 50.5 Å². The van der Waals surface area contributed by atoms with Crippen molar-refractivity contribution in [3.8, 4) is 0 Å². The van der Waals surface area contributed by atoms with Crippen molar-refractivity contribution >= 4 is 16.5 Å². The Bertz CT molecular complexity index is 988. The van der Waals surface area contributed by atoms with Gasteiger partial charge in [0.05, 0.1) is 11.2 Å². The summed E-state index contributed by atoms with van der Waals surface area (Å²) in [7, 11) is 0. The maximum absolute atomic E-state index is 11.2. The summed E-state index contributed by atoms with van der Waals surface area (Å²) in [6.07, 6.45) is 11.5. The second kappa shape index (κ2) is 7.55. The van der Waals surface area contributed by atoms with Gasteiger partial charge >= 0.3 is 0 Å². The molecular weight excluding hydrogens is 348 g/mol. The fourth-order valence-electron chi connectivity index (χ4n) is 4.88. The van der Waals surface area contributed by atoms with Gasteiger partial charge in [0.2, 0.25) is 0 Å². The van der Waals surface area contributed by atoms with Crippen LogP contribution in [0.4, 0.5) is 0 Å². The van der Waals surface area contributed by atoms with Crippen LogP contribution in [-0.2, 0) is 0 Å². The van der Waals surface area contributed by atoms with Gasteiger partial charge in [-0.2, -0.15) is 0 Å². The summed E-state index contributed by atoms with van der Waals surface area (Å²) in [5.74, 6) is 0.463. The van der Waals surface area contributed by atoms with Crippen LogP contribution >= 0.6 is 0 Å². The lowest BCUT2D eigenvalue weighted by Gasteiger charge is -2.23. The molecule has 2 aromatic rings. The Morgan fingerprint density at radius 1 is 1.11 bits per heavy atom. The van der Waals surface area contributed by atoms with Gasteiger partial charge in [0.25, 0.3) is 0 Å². The van der Waals surface area contributed by atoms with Crippen LogP contribution in [-0.4, -0.2) is 14.8 Å². The molecule has 2 unspecified atom stereocenters. The number of benzene rings is 1. The number of rotatable bonds is 4. The second-order valence-electron chi connectivity index (χ2n) is 7.74. The Morgan fingerprint density at radius 3 is 2.46 bits per heavy atom. The molecule has 4 heteroatoms. The van der Waals surface area contributed by atoms with Crippen LogP contribution in [0.3, 0.4) is 0 Å². The minimum absolute atomic E-state index is 0.463. The maximum Gasteiger partial charge on any atom is 0.158 e. The topological polar surface area (TPSA) is 71.4 Å². The first-order chi connectivity index (χ1) is 13.6. The predicted molar refractivity (Wildman–Crippen MR) is 115 cm³/mol. The summed E-state index contributed by atoms with van der Waals surface area (Å²) in [5, 5.41) is 22.2. The van der Waals surface area contributed by atoms with E-state index in [9.17, 15) is 10.2 Å². The van der Waals surface area contributed by atoms with Crippen LogP contribution < -0.4 is 5.73 Å². The number of nitrogens with zero attached hydrogens (tertiary/aromatic N) is 1. The van der Waals surface area contributed by atoms with Crippen molar-refractivity contribution in [2.24, 2.45) is 5.73 Å². The van der Waals surface area contributed by atoms with E-state index in [2.05, 4.69) is 13.2 Å². The van der Waals surface area contributed by atoms with E-state index in [4.69, 9.17) is 5.73 Å². The van der Waals surface area contributed by atoms with Gasteiger partial charge in [-0.25, -0.2) is 0 Å². The SMILES string of the molecule is C=C/C=C1\C(=C/C=C)C(O)n2c1c(C1CCCCC1)c1ccc(C(N)O)cc12. The molecule has 1 aliphatic carbocycles. The summed E-state index contributed by atoms with van der Waals surface area (Å²) >= 11 is 0. The average Bonchev–Trinajstić information content (AvgIpc) is 3.17. The molecule has 4 rings (SSSR count). The molecule has 4 N–H and O–H groups in total. The number of aliphatic hydroxyl groups excluding tert-OH is 2. The first-order valence-corrected chi connectivity index (χ1v) is 10.0. The summed E-state index contributed by atoms with van der Waals surface area (Å²) in [5.41, 5.74) is 11.4. The number of aliphatic hydroxyl groups is 2. The Hall–Kier alpha value is -2.40. The molecule has 1 fully saturated rings. The van der Waals surface area contributed by atoms with E-state index in [1.165, 1.54) is 24.8 Å². The van der Waals surface area contributed by atoms with E-state index in [-0.39, 0.29) is 0 Å². The molecule has 2 heterocycles. The van der Waals surface area contributed by atoms with Crippen LogP contribution in [0, 0.1) is 0 Å². The summed E-state index contributed by atoms with van der Waals surface area (Å²) in [6.45, 7) is 7.69. The lowest BCUT2D eigenvalue weighted by molar-refractivity contribution is 0.158. The number of hydrogen-bond donors (Lipinski definition) is 3. The van der Waals surface area contributed by atoms with Crippen LogP contribution in [0.25, 0.3) is 16.5 Å². The van der Waals surface area contributed by atoms with Crippen LogP contribution in [0.5, 0.6) is 0 Å². The number of allylic oxidation sites excluding steroid dienone is 4. The second-order valence-corrected chi connectivity index (χ2v) is 7.74. The molecule has 1 aromatic heterocycles. The zero-order valence-electron chi connectivity index (χ0n) is 16.1. The fourth-order valence-corrected chi connectivity index (χ4v) is 4.88. The highest BCUT2D eigenvalue weighted by atomic mass is 16.3. The molecule has 0 radical (unpaired) electrons. The van der Waals surface area contributed by atoms with Crippen LogP contribution in [0.1, 0.15) is 67.3 Å².